The number of allylic oxidation sites excluding steroid dienone is 6. The Hall–Kier alpha value is -1.77. The third-order valence-corrected chi connectivity index (χ3v) is 14.0. The van der Waals surface area contributed by atoms with Crippen LogP contribution in [0, 0.1) is 0 Å². The number of hydrogen-bond donors (Lipinski definition) is 2. The van der Waals surface area contributed by atoms with Crippen molar-refractivity contribution >= 4 is 19.8 Å². The smallest absolute Gasteiger partial charge is 0.462 e. The lowest BCUT2D eigenvalue weighted by atomic mass is 10.0. The number of phosphoric acid groups is 1. The van der Waals surface area contributed by atoms with Crippen LogP contribution in [0.25, 0.3) is 0 Å². The Balaban J connectivity index is 3.87. The lowest BCUT2D eigenvalue weighted by molar-refractivity contribution is -0.161. The Bertz CT molecular complexity index is 1220. The number of hydrogen-bond acceptors (Lipinski definition) is 8. The summed E-state index contributed by atoms with van der Waals surface area (Å²) in [5, 5.41) is 0. The van der Waals surface area contributed by atoms with Gasteiger partial charge < -0.3 is 20.1 Å². The minimum atomic E-state index is -4.39. The minimum Gasteiger partial charge on any atom is -0.462 e. The molecule has 0 saturated heterocycles. The average molecular weight is 995 g/mol. The molecule has 0 bridgehead atoms. The molecule has 406 valence electrons. The van der Waals surface area contributed by atoms with Crippen LogP contribution in [0.15, 0.2) is 36.5 Å². The average Bonchev–Trinajstić information content (AvgIpc) is 3.34. The van der Waals surface area contributed by atoms with E-state index >= 15 is 0 Å². The van der Waals surface area contributed by atoms with Gasteiger partial charge in [-0.25, -0.2) is 4.57 Å². The molecule has 0 fully saturated rings. The maximum absolute atomic E-state index is 12.7. The van der Waals surface area contributed by atoms with Crippen LogP contribution in [0.1, 0.15) is 296 Å². The van der Waals surface area contributed by atoms with Gasteiger partial charge in [-0.1, -0.05) is 249 Å². The van der Waals surface area contributed by atoms with Gasteiger partial charge in [-0.2, -0.15) is 0 Å². The monoisotopic (exact) mass is 994 g/mol. The summed E-state index contributed by atoms with van der Waals surface area (Å²) in [4.78, 5) is 35.1. The van der Waals surface area contributed by atoms with E-state index < -0.39 is 26.5 Å². The van der Waals surface area contributed by atoms with E-state index in [1.165, 1.54) is 212 Å². The standard InChI is InChI=1S/C59H112NO8P/c1-3-5-7-9-11-13-15-17-19-21-22-23-24-25-26-27-28-29-30-31-32-33-34-36-37-39-41-43-45-47-49-51-58(61)65-55-57(56-67-69(63,64)66-54-53-60)68-59(62)52-50-48-46-44-42-40-38-35-20-18-16-14-12-10-8-6-4-2/h12,14,18,20-22,57H,3-11,13,15-17,19,23-56,60H2,1-2H3,(H,63,64)/b14-12-,20-18-,22-21-. The fourth-order valence-corrected chi connectivity index (χ4v) is 9.37. The van der Waals surface area contributed by atoms with Crippen molar-refractivity contribution in [1.82, 2.24) is 0 Å². The van der Waals surface area contributed by atoms with Gasteiger partial charge in [-0.15, -0.1) is 0 Å². The van der Waals surface area contributed by atoms with Crippen LogP contribution >= 0.6 is 7.82 Å². The summed E-state index contributed by atoms with van der Waals surface area (Å²) < 4.78 is 33.0. The number of ether oxygens (including phenoxy) is 2. The second-order valence-corrected chi connectivity index (χ2v) is 21.3. The lowest BCUT2D eigenvalue weighted by Gasteiger charge is -2.19. The van der Waals surface area contributed by atoms with E-state index in [1.807, 2.05) is 0 Å². The second-order valence-electron chi connectivity index (χ2n) is 19.9. The molecule has 2 atom stereocenters. The largest absolute Gasteiger partial charge is 0.472 e. The summed E-state index contributed by atoms with van der Waals surface area (Å²) in [6.45, 7) is 3.75. The van der Waals surface area contributed by atoms with E-state index in [-0.39, 0.29) is 38.6 Å². The molecule has 0 aromatic carbocycles. The molecule has 0 aromatic rings. The number of phosphoric ester groups is 1. The summed E-state index contributed by atoms with van der Waals surface area (Å²) in [7, 11) is -4.39. The number of rotatable bonds is 56. The van der Waals surface area contributed by atoms with Crippen molar-refractivity contribution in [1.29, 1.82) is 0 Å². The van der Waals surface area contributed by atoms with Gasteiger partial charge in [-0.05, 0) is 70.6 Å². The zero-order valence-corrected chi connectivity index (χ0v) is 46.2. The zero-order chi connectivity index (χ0) is 50.2. The molecular formula is C59H112NO8P. The fourth-order valence-electron chi connectivity index (χ4n) is 8.60. The van der Waals surface area contributed by atoms with Gasteiger partial charge in [-0.3, -0.25) is 18.6 Å². The molecule has 9 nitrogen and oxygen atoms in total. The first-order chi connectivity index (χ1) is 33.8. The minimum absolute atomic E-state index is 0.0530. The molecule has 69 heavy (non-hydrogen) atoms. The fraction of sp³-hybridized carbons (Fsp3) is 0.864. The van der Waals surface area contributed by atoms with Crippen LogP contribution in [-0.4, -0.2) is 49.3 Å². The van der Waals surface area contributed by atoms with Gasteiger partial charge >= 0.3 is 19.8 Å². The van der Waals surface area contributed by atoms with Gasteiger partial charge in [0.1, 0.15) is 6.61 Å². The summed E-state index contributed by atoms with van der Waals surface area (Å²) in [6, 6.07) is 0. The van der Waals surface area contributed by atoms with E-state index in [4.69, 9.17) is 24.3 Å². The number of esters is 2. The van der Waals surface area contributed by atoms with Crippen LogP contribution in [0.3, 0.4) is 0 Å². The van der Waals surface area contributed by atoms with Crippen molar-refractivity contribution in [3.05, 3.63) is 36.5 Å². The molecule has 0 aliphatic rings. The van der Waals surface area contributed by atoms with Crippen LogP contribution in [0.2, 0.25) is 0 Å². The number of carbonyl (C=O) groups is 2. The molecule has 2 unspecified atom stereocenters. The van der Waals surface area contributed by atoms with Crippen LogP contribution in [0.4, 0.5) is 0 Å². The topological polar surface area (TPSA) is 134 Å². The zero-order valence-electron chi connectivity index (χ0n) is 45.3. The predicted octanol–water partition coefficient (Wildman–Crippen LogP) is 18.4. The maximum Gasteiger partial charge on any atom is 0.472 e. The Kier molecular flexibility index (Phi) is 54.1. The summed E-state index contributed by atoms with van der Waals surface area (Å²) in [5.41, 5.74) is 5.38. The molecule has 0 aliphatic carbocycles. The van der Waals surface area contributed by atoms with Crippen molar-refractivity contribution in [3.63, 3.8) is 0 Å². The van der Waals surface area contributed by atoms with Crippen molar-refractivity contribution < 1.29 is 37.6 Å². The highest BCUT2D eigenvalue weighted by Crippen LogP contribution is 2.43. The van der Waals surface area contributed by atoms with Crippen molar-refractivity contribution in [2.75, 3.05) is 26.4 Å². The van der Waals surface area contributed by atoms with E-state index in [9.17, 15) is 19.0 Å². The molecule has 0 amide bonds. The Labute approximate surface area is 426 Å². The number of nitrogens with two attached hydrogens (primary N) is 1. The molecule has 10 heteroatoms. The van der Waals surface area contributed by atoms with Crippen LogP contribution in [-0.2, 0) is 32.7 Å². The highest BCUT2D eigenvalue weighted by molar-refractivity contribution is 7.47. The van der Waals surface area contributed by atoms with E-state index in [0.29, 0.717) is 6.42 Å². The van der Waals surface area contributed by atoms with Crippen molar-refractivity contribution in [3.8, 4) is 0 Å². The highest BCUT2D eigenvalue weighted by atomic mass is 31.2. The predicted molar refractivity (Wildman–Crippen MR) is 294 cm³/mol. The van der Waals surface area contributed by atoms with Gasteiger partial charge in [0.2, 0.25) is 0 Å². The first kappa shape index (κ1) is 67.2. The molecule has 0 aromatic heterocycles. The van der Waals surface area contributed by atoms with E-state index in [1.54, 1.807) is 0 Å². The highest BCUT2D eigenvalue weighted by Gasteiger charge is 2.26. The third-order valence-electron chi connectivity index (χ3n) is 13.0. The first-order valence-electron chi connectivity index (χ1n) is 29.5. The number of carbonyl (C=O) groups excluding carboxylic acids is 2. The molecule has 0 saturated carbocycles. The molecular weight excluding hydrogens is 882 g/mol. The second kappa shape index (κ2) is 55.5. The van der Waals surface area contributed by atoms with E-state index in [0.717, 1.165) is 51.4 Å². The molecule has 0 spiro atoms. The molecule has 0 aliphatic heterocycles. The maximum atomic E-state index is 12.7. The van der Waals surface area contributed by atoms with Gasteiger partial charge in [0.25, 0.3) is 0 Å². The van der Waals surface area contributed by atoms with Crippen LogP contribution < -0.4 is 5.73 Å². The van der Waals surface area contributed by atoms with Crippen molar-refractivity contribution in [2.24, 2.45) is 5.73 Å². The molecule has 0 rings (SSSR count). The number of unbranched alkanes of at least 4 members (excludes halogenated alkanes) is 37. The SMILES string of the molecule is CCCCC/C=C\C/C=C\CCCCCCCCCC(=O)OC(COC(=O)CCCCCCCCCCCCCCCCCCCCC/C=C\CCCCCCCCCC)COP(=O)(O)OCCN. The van der Waals surface area contributed by atoms with Gasteiger partial charge in [0, 0.05) is 19.4 Å². The summed E-state index contributed by atoms with van der Waals surface area (Å²) >= 11 is 0. The Morgan fingerprint density at radius 1 is 0.435 bits per heavy atom. The van der Waals surface area contributed by atoms with Gasteiger partial charge in [0.15, 0.2) is 6.10 Å². The molecule has 3 N–H and O–H groups in total. The van der Waals surface area contributed by atoms with Crippen LogP contribution in [0.5, 0.6) is 0 Å². The summed E-state index contributed by atoms with van der Waals surface area (Å²) in [5.74, 6) is -0.824. The molecule has 0 heterocycles. The summed E-state index contributed by atoms with van der Waals surface area (Å²) in [6.07, 6.45) is 66.4. The lowest BCUT2D eigenvalue weighted by Crippen LogP contribution is -2.29. The first-order valence-corrected chi connectivity index (χ1v) is 31.0. The Morgan fingerprint density at radius 2 is 0.754 bits per heavy atom. The third kappa shape index (κ3) is 55.4. The quantitative estimate of drug-likeness (QED) is 0.0264. The van der Waals surface area contributed by atoms with Gasteiger partial charge in [0.05, 0.1) is 13.2 Å². The molecule has 0 radical (unpaired) electrons. The Morgan fingerprint density at radius 3 is 1.14 bits per heavy atom. The van der Waals surface area contributed by atoms with Crippen molar-refractivity contribution in [2.45, 2.75) is 302 Å². The normalized spacial score (nSPS) is 13.3. The van der Waals surface area contributed by atoms with E-state index in [2.05, 4.69) is 50.3 Å².